The van der Waals surface area contributed by atoms with Gasteiger partial charge in [-0.05, 0) is 30.4 Å². The molecular weight excluding hydrogens is 344 g/mol. The lowest BCUT2D eigenvalue weighted by Crippen LogP contribution is -3.00. The molecule has 0 spiro atoms. The molecule has 2 aromatic carbocycles. The summed E-state index contributed by atoms with van der Waals surface area (Å²) in [5.41, 5.74) is 6.12. The Balaban J connectivity index is 0.00000243. The Hall–Kier alpha value is -2.00. The molecule has 0 saturated carbocycles. The second-order valence-corrected chi connectivity index (χ2v) is 7.54. The van der Waals surface area contributed by atoms with Gasteiger partial charge in [-0.3, -0.25) is 0 Å². The quantitative estimate of drug-likeness (QED) is 0.832. The van der Waals surface area contributed by atoms with Gasteiger partial charge in [0.05, 0.1) is 0 Å². The van der Waals surface area contributed by atoms with Crippen LogP contribution in [0.4, 0.5) is 11.4 Å². The highest BCUT2D eigenvalue weighted by atomic mass is 35.5. The lowest BCUT2D eigenvalue weighted by atomic mass is 9.92. The third kappa shape index (κ3) is 3.73. The molecule has 1 aliphatic heterocycles. The topological polar surface area (TPSA) is 26.5 Å². The summed E-state index contributed by atoms with van der Waals surface area (Å²) in [4.78, 5) is 2.36. The fraction of sp³-hybridized carbons (Fsp3) is 0.409. The average molecular weight is 373 g/mol. The fourth-order valence-electron chi connectivity index (χ4n) is 3.70. The Morgan fingerprint density at radius 1 is 0.962 bits per heavy atom. The van der Waals surface area contributed by atoms with Gasteiger partial charge in [-0.1, -0.05) is 58.0 Å². The highest BCUT2D eigenvalue weighted by molar-refractivity contribution is 5.82. The van der Waals surface area contributed by atoms with E-state index in [1.165, 1.54) is 16.8 Å². The summed E-state index contributed by atoms with van der Waals surface area (Å²) in [5, 5.41) is 10.3. The summed E-state index contributed by atoms with van der Waals surface area (Å²) in [5.74, 6) is 1.30. The Bertz CT molecular complexity index is 765. The van der Waals surface area contributed by atoms with Gasteiger partial charge in [0.25, 0.3) is 0 Å². The normalized spacial score (nSPS) is 14.0. The number of aryl methyl sites for hydroxylation is 1. The van der Waals surface area contributed by atoms with Gasteiger partial charge in [-0.25, -0.2) is 9.48 Å². The molecule has 0 aliphatic carbocycles. The Morgan fingerprint density at radius 2 is 1.54 bits per heavy atom. The third-order valence-electron chi connectivity index (χ3n) is 4.99. The van der Waals surface area contributed by atoms with Gasteiger partial charge in [-0.2, -0.15) is 0 Å². The number of hydrogen-bond donors (Lipinski definition) is 1. The lowest BCUT2D eigenvalue weighted by molar-refractivity contribution is -0.425. The standard InChI is InChI=1S/C22H28N2O.ClH/c1-15(2)18-9-7-10-19(16(3)4)22(18)24-13-12-23(14-24)21-17(5)8-6-11-20(21)25;/h6-11,14-16H,12-13H2,1-5H3;1H. The maximum absolute atomic E-state index is 10.3. The molecule has 26 heavy (non-hydrogen) atoms. The molecular formula is C22H29ClN2O. The minimum absolute atomic E-state index is 0. The van der Waals surface area contributed by atoms with Crippen LogP contribution in [0, 0.1) is 6.92 Å². The molecule has 0 saturated heterocycles. The SMILES string of the molecule is Cc1cccc(O)c1[N+]1=CN(c2c(C(C)C)cccc2C(C)C)CC1.[Cl-]. The minimum Gasteiger partial charge on any atom is -1.00 e. The van der Waals surface area contributed by atoms with Crippen molar-refractivity contribution in [3.63, 3.8) is 0 Å². The van der Waals surface area contributed by atoms with Crippen molar-refractivity contribution in [3.05, 3.63) is 53.1 Å². The molecule has 0 radical (unpaired) electrons. The summed E-state index contributed by atoms with van der Waals surface area (Å²) in [7, 11) is 0. The van der Waals surface area contributed by atoms with Crippen LogP contribution < -0.4 is 17.3 Å². The second kappa shape index (κ2) is 8.13. The summed E-state index contributed by atoms with van der Waals surface area (Å²) in [6, 6.07) is 12.4. The van der Waals surface area contributed by atoms with Crippen LogP contribution in [-0.4, -0.2) is 29.1 Å². The molecule has 3 nitrogen and oxygen atoms in total. The van der Waals surface area contributed by atoms with E-state index in [2.05, 4.69) is 61.7 Å². The van der Waals surface area contributed by atoms with E-state index < -0.39 is 0 Å². The van der Waals surface area contributed by atoms with Crippen LogP contribution in [-0.2, 0) is 0 Å². The molecule has 0 bridgehead atoms. The molecule has 0 aromatic heterocycles. The molecule has 1 N–H and O–H groups in total. The lowest BCUT2D eigenvalue weighted by Gasteiger charge is -2.20. The van der Waals surface area contributed by atoms with Gasteiger partial charge in [0.1, 0.15) is 18.8 Å². The van der Waals surface area contributed by atoms with Crippen LogP contribution in [0.3, 0.4) is 0 Å². The van der Waals surface area contributed by atoms with Gasteiger partial charge in [0.2, 0.25) is 6.34 Å². The molecule has 140 valence electrons. The van der Waals surface area contributed by atoms with Crippen molar-refractivity contribution in [2.24, 2.45) is 0 Å². The molecule has 0 atom stereocenters. The van der Waals surface area contributed by atoms with Crippen LogP contribution in [0.1, 0.15) is 56.2 Å². The van der Waals surface area contributed by atoms with E-state index in [4.69, 9.17) is 0 Å². The number of para-hydroxylation sites is 2. The molecule has 1 aliphatic rings. The number of nitrogens with zero attached hydrogens (tertiary/aromatic N) is 2. The number of phenolic OH excluding ortho intramolecular Hbond substituents is 1. The zero-order valence-electron chi connectivity index (χ0n) is 16.3. The highest BCUT2D eigenvalue weighted by Crippen LogP contribution is 2.37. The van der Waals surface area contributed by atoms with E-state index in [1.54, 1.807) is 6.07 Å². The van der Waals surface area contributed by atoms with Gasteiger partial charge in [0.15, 0.2) is 11.4 Å². The summed E-state index contributed by atoms with van der Waals surface area (Å²) >= 11 is 0. The molecule has 0 fully saturated rings. The van der Waals surface area contributed by atoms with Crippen molar-refractivity contribution in [2.75, 3.05) is 18.0 Å². The van der Waals surface area contributed by atoms with Gasteiger partial charge in [0, 0.05) is 11.1 Å². The molecule has 0 amide bonds. The maximum Gasteiger partial charge on any atom is 0.244 e. The van der Waals surface area contributed by atoms with Crippen LogP contribution in [0.25, 0.3) is 0 Å². The molecule has 1 heterocycles. The molecule has 0 unspecified atom stereocenters. The number of anilines is 1. The van der Waals surface area contributed by atoms with Crippen LogP contribution >= 0.6 is 0 Å². The zero-order valence-corrected chi connectivity index (χ0v) is 17.1. The first-order valence-corrected chi connectivity index (χ1v) is 9.19. The first-order chi connectivity index (χ1) is 11.9. The van der Waals surface area contributed by atoms with Crippen LogP contribution in [0.5, 0.6) is 5.75 Å². The number of phenols is 1. The summed E-state index contributed by atoms with van der Waals surface area (Å²) < 4.78 is 2.17. The van der Waals surface area contributed by atoms with E-state index in [0.717, 1.165) is 24.3 Å². The highest BCUT2D eigenvalue weighted by Gasteiger charge is 2.30. The third-order valence-corrected chi connectivity index (χ3v) is 4.99. The number of hydrogen-bond acceptors (Lipinski definition) is 2. The number of rotatable bonds is 4. The second-order valence-electron chi connectivity index (χ2n) is 7.54. The van der Waals surface area contributed by atoms with Crippen molar-refractivity contribution in [1.29, 1.82) is 0 Å². The predicted molar refractivity (Wildman–Crippen MR) is 106 cm³/mol. The number of aromatic hydroxyl groups is 1. The van der Waals surface area contributed by atoms with Crippen molar-refractivity contribution in [1.82, 2.24) is 0 Å². The Labute approximate surface area is 163 Å². The van der Waals surface area contributed by atoms with E-state index in [9.17, 15) is 5.11 Å². The molecule has 2 aromatic rings. The minimum atomic E-state index is 0. The first kappa shape index (κ1) is 20.3. The predicted octanol–water partition coefficient (Wildman–Crippen LogP) is 2.14. The smallest absolute Gasteiger partial charge is 0.244 e. The first-order valence-electron chi connectivity index (χ1n) is 9.19. The summed E-state index contributed by atoms with van der Waals surface area (Å²) in [6.45, 7) is 12.9. The largest absolute Gasteiger partial charge is 1.00 e. The number of benzene rings is 2. The van der Waals surface area contributed by atoms with Gasteiger partial charge >= 0.3 is 0 Å². The summed E-state index contributed by atoms with van der Waals surface area (Å²) in [6.07, 6.45) is 2.16. The van der Waals surface area contributed by atoms with Crippen molar-refractivity contribution in [3.8, 4) is 5.75 Å². The van der Waals surface area contributed by atoms with Crippen molar-refractivity contribution < 1.29 is 22.1 Å². The monoisotopic (exact) mass is 372 g/mol. The van der Waals surface area contributed by atoms with Crippen LogP contribution in [0.2, 0.25) is 0 Å². The Morgan fingerprint density at radius 3 is 2.08 bits per heavy atom. The zero-order chi connectivity index (χ0) is 18.1. The molecule has 4 heteroatoms. The van der Waals surface area contributed by atoms with Gasteiger partial charge in [-0.15, -0.1) is 0 Å². The maximum atomic E-state index is 10.3. The van der Waals surface area contributed by atoms with Crippen LogP contribution in [0.15, 0.2) is 36.4 Å². The fourth-order valence-corrected chi connectivity index (χ4v) is 3.70. The van der Waals surface area contributed by atoms with E-state index in [0.29, 0.717) is 17.6 Å². The van der Waals surface area contributed by atoms with Crippen molar-refractivity contribution >= 4 is 17.7 Å². The molecule has 3 rings (SSSR count). The van der Waals surface area contributed by atoms with Gasteiger partial charge < -0.3 is 17.5 Å². The average Bonchev–Trinajstić information content (AvgIpc) is 3.03. The Kier molecular flexibility index (Phi) is 6.35. The number of halogens is 1. The van der Waals surface area contributed by atoms with E-state index in [-0.39, 0.29) is 12.4 Å². The van der Waals surface area contributed by atoms with E-state index >= 15 is 0 Å². The van der Waals surface area contributed by atoms with E-state index in [1.807, 2.05) is 19.1 Å². The van der Waals surface area contributed by atoms with Crippen molar-refractivity contribution in [2.45, 2.75) is 46.5 Å².